The van der Waals surface area contributed by atoms with Gasteiger partial charge in [-0.1, -0.05) is 18.2 Å². The number of carbonyl (C=O) groups excluding carboxylic acids is 1. The molecule has 0 aromatic heterocycles. The number of anilines is 1. The highest BCUT2D eigenvalue weighted by Gasteiger charge is 2.04. The minimum absolute atomic E-state index is 0.0349. The number of hydrogen-bond donors (Lipinski definition) is 1. The second-order valence-electron chi connectivity index (χ2n) is 4.70. The zero-order valence-corrected chi connectivity index (χ0v) is 12.5. The van der Waals surface area contributed by atoms with E-state index in [1.165, 1.54) is 0 Å². The molecule has 114 valence electrons. The van der Waals surface area contributed by atoms with Gasteiger partial charge in [0, 0.05) is 5.69 Å². The molecule has 0 radical (unpaired) electrons. The second kappa shape index (κ2) is 7.88. The smallest absolute Gasteiger partial charge is 0.262 e. The van der Waals surface area contributed by atoms with E-state index < -0.39 is 0 Å². The molecule has 0 atom stereocenters. The van der Waals surface area contributed by atoms with Gasteiger partial charge in [0.25, 0.3) is 5.91 Å². The van der Waals surface area contributed by atoms with Crippen LogP contribution in [-0.4, -0.2) is 19.6 Å². The molecule has 2 aromatic rings. The lowest BCUT2D eigenvalue weighted by atomic mass is 10.1. The van der Waals surface area contributed by atoms with Gasteiger partial charge in [0.2, 0.25) is 0 Å². The average molecular weight is 297 g/mol. The number of carbonyl (C=O) groups is 1. The molecule has 1 N–H and O–H groups in total. The van der Waals surface area contributed by atoms with Crippen molar-refractivity contribution in [3.05, 3.63) is 66.7 Å². The summed E-state index contributed by atoms with van der Waals surface area (Å²) in [5.41, 5.74) is 1.86. The molecule has 0 fully saturated rings. The Morgan fingerprint density at radius 3 is 2.32 bits per heavy atom. The molecule has 4 heteroatoms. The van der Waals surface area contributed by atoms with E-state index in [-0.39, 0.29) is 12.5 Å². The molecule has 0 spiro atoms. The van der Waals surface area contributed by atoms with Gasteiger partial charge < -0.3 is 14.8 Å². The third kappa shape index (κ3) is 4.66. The number of methoxy groups -OCH3 is 1. The maximum atomic E-state index is 11.8. The highest BCUT2D eigenvalue weighted by molar-refractivity contribution is 5.91. The van der Waals surface area contributed by atoms with Crippen LogP contribution in [0.25, 0.3) is 0 Å². The van der Waals surface area contributed by atoms with Crippen molar-refractivity contribution in [1.29, 1.82) is 0 Å². The monoisotopic (exact) mass is 297 g/mol. The lowest BCUT2D eigenvalue weighted by Gasteiger charge is -2.08. The fourth-order valence-electron chi connectivity index (χ4n) is 1.91. The topological polar surface area (TPSA) is 47.6 Å². The van der Waals surface area contributed by atoms with Crippen molar-refractivity contribution < 1.29 is 14.3 Å². The molecule has 0 bridgehead atoms. The fourth-order valence-corrected chi connectivity index (χ4v) is 1.91. The van der Waals surface area contributed by atoms with E-state index >= 15 is 0 Å². The summed E-state index contributed by atoms with van der Waals surface area (Å²) in [5, 5.41) is 2.76. The summed E-state index contributed by atoms with van der Waals surface area (Å²) in [6, 6.07) is 14.7. The summed E-state index contributed by atoms with van der Waals surface area (Å²) in [6.07, 6.45) is 2.66. The molecule has 2 rings (SSSR count). The maximum absolute atomic E-state index is 11.8. The summed E-state index contributed by atoms with van der Waals surface area (Å²) < 4.78 is 10.5. The Hall–Kier alpha value is -2.75. The van der Waals surface area contributed by atoms with E-state index in [0.29, 0.717) is 11.4 Å². The van der Waals surface area contributed by atoms with Crippen molar-refractivity contribution in [3.8, 4) is 11.5 Å². The highest BCUT2D eigenvalue weighted by Crippen LogP contribution is 2.15. The predicted molar refractivity (Wildman–Crippen MR) is 87.5 cm³/mol. The summed E-state index contributed by atoms with van der Waals surface area (Å²) in [4.78, 5) is 11.8. The van der Waals surface area contributed by atoms with Crippen molar-refractivity contribution in [2.24, 2.45) is 0 Å². The fraction of sp³-hybridized carbons (Fsp3) is 0.167. The van der Waals surface area contributed by atoms with Crippen molar-refractivity contribution >= 4 is 11.6 Å². The average Bonchev–Trinajstić information content (AvgIpc) is 2.55. The predicted octanol–water partition coefficient (Wildman–Crippen LogP) is 3.44. The maximum Gasteiger partial charge on any atom is 0.262 e. The number of allylic oxidation sites excluding steroid dienone is 1. The summed E-state index contributed by atoms with van der Waals surface area (Å²) >= 11 is 0. The molecule has 0 saturated heterocycles. The van der Waals surface area contributed by atoms with Gasteiger partial charge in [-0.15, -0.1) is 6.58 Å². The van der Waals surface area contributed by atoms with Gasteiger partial charge in [0.05, 0.1) is 7.11 Å². The largest absolute Gasteiger partial charge is 0.497 e. The van der Waals surface area contributed by atoms with Crippen LogP contribution in [0.2, 0.25) is 0 Å². The number of amides is 1. The van der Waals surface area contributed by atoms with E-state index in [4.69, 9.17) is 9.47 Å². The van der Waals surface area contributed by atoms with Crippen molar-refractivity contribution in [2.75, 3.05) is 19.0 Å². The quantitative estimate of drug-likeness (QED) is 0.796. The molecule has 0 aliphatic heterocycles. The first-order chi connectivity index (χ1) is 10.7. The van der Waals surface area contributed by atoms with Gasteiger partial charge in [-0.2, -0.15) is 0 Å². The van der Waals surface area contributed by atoms with Gasteiger partial charge in [0.15, 0.2) is 6.61 Å². The summed E-state index contributed by atoms with van der Waals surface area (Å²) in [7, 11) is 1.60. The first kappa shape index (κ1) is 15.6. The van der Waals surface area contributed by atoms with Gasteiger partial charge in [-0.25, -0.2) is 0 Å². The van der Waals surface area contributed by atoms with E-state index in [9.17, 15) is 4.79 Å². The van der Waals surface area contributed by atoms with Gasteiger partial charge >= 0.3 is 0 Å². The van der Waals surface area contributed by atoms with Crippen LogP contribution in [0.4, 0.5) is 5.69 Å². The number of nitrogens with one attached hydrogen (secondary N) is 1. The zero-order valence-electron chi connectivity index (χ0n) is 12.5. The Morgan fingerprint density at radius 1 is 1.09 bits per heavy atom. The Labute approximate surface area is 130 Å². The first-order valence-electron chi connectivity index (χ1n) is 6.98. The third-order valence-corrected chi connectivity index (χ3v) is 3.05. The summed E-state index contributed by atoms with van der Waals surface area (Å²) in [5.74, 6) is 1.20. The van der Waals surface area contributed by atoms with Crippen molar-refractivity contribution in [2.45, 2.75) is 6.42 Å². The van der Waals surface area contributed by atoms with E-state index in [0.717, 1.165) is 17.7 Å². The van der Waals surface area contributed by atoms with E-state index in [2.05, 4.69) is 11.9 Å². The van der Waals surface area contributed by atoms with Gasteiger partial charge in [-0.05, 0) is 48.4 Å². The Morgan fingerprint density at radius 2 is 1.73 bits per heavy atom. The number of ether oxygens (including phenoxy) is 2. The minimum atomic E-state index is -0.208. The van der Waals surface area contributed by atoms with Crippen LogP contribution in [0.5, 0.6) is 11.5 Å². The molecule has 0 aliphatic rings. The second-order valence-corrected chi connectivity index (χ2v) is 4.70. The molecule has 0 heterocycles. The van der Waals surface area contributed by atoms with E-state index in [1.54, 1.807) is 31.4 Å². The van der Waals surface area contributed by atoms with E-state index in [1.807, 2.05) is 30.3 Å². The van der Waals surface area contributed by atoms with Crippen LogP contribution in [-0.2, 0) is 11.2 Å². The molecule has 0 saturated carbocycles. The standard InChI is InChI=1S/C18H19NO3/c1-3-4-14-5-9-17(10-6-14)22-13-18(20)19-15-7-11-16(21-2)12-8-15/h3,5-12H,1,4,13H2,2H3,(H,19,20). The molecule has 0 unspecified atom stereocenters. The number of benzene rings is 2. The lowest BCUT2D eigenvalue weighted by molar-refractivity contribution is -0.118. The number of rotatable bonds is 7. The SMILES string of the molecule is C=CCc1ccc(OCC(=O)Nc2ccc(OC)cc2)cc1. The Bertz CT molecular complexity index is 618. The van der Waals surface area contributed by atoms with Crippen LogP contribution in [0.15, 0.2) is 61.2 Å². The lowest BCUT2D eigenvalue weighted by Crippen LogP contribution is -2.20. The van der Waals surface area contributed by atoms with Crippen LogP contribution in [0.1, 0.15) is 5.56 Å². The minimum Gasteiger partial charge on any atom is -0.497 e. The molecule has 0 aliphatic carbocycles. The zero-order chi connectivity index (χ0) is 15.8. The Kier molecular flexibility index (Phi) is 5.60. The van der Waals surface area contributed by atoms with Crippen LogP contribution in [0.3, 0.4) is 0 Å². The van der Waals surface area contributed by atoms with Crippen molar-refractivity contribution in [3.63, 3.8) is 0 Å². The first-order valence-corrected chi connectivity index (χ1v) is 6.98. The highest BCUT2D eigenvalue weighted by atomic mass is 16.5. The molecular weight excluding hydrogens is 278 g/mol. The molecular formula is C18H19NO3. The third-order valence-electron chi connectivity index (χ3n) is 3.05. The number of hydrogen-bond acceptors (Lipinski definition) is 3. The van der Waals surface area contributed by atoms with Crippen LogP contribution < -0.4 is 14.8 Å². The van der Waals surface area contributed by atoms with Gasteiger partial charge in [0.1, 0.15) is 11.5 Å². The van der Waals surface area contributed by atoms with Crippen LogP contribution >= 0.6 is 0 Å². The van der Waals surface area contributed by atoms with Crippen molar-refractivity contribution in [1.82, 2.24) is 0 Å². The summed E-state index contributed by atoms with van der Waals surface area (Å²) in [6.45, 7) is 3.66. The molecule has 4 nitrogen and oxygen atoms in total. The normalized spacial score (nSPS) is 9.86. The van der Waals surface area contributed by atoms with Crippen LogP contribution in [0, 0.1) is 0 Å². The molecule has 22 heavy (non-hydrogen) atoms. The molecule has 1 amide bonds. The van der Waals surface area contributed by atoms with Gasteiger partial charge in [-0.3, -0.25) is 4.79 Å². The molecule has 2 aromatic carbocycles. The Balaban J connectivity index is 1.82.